The Morgan fingerprint density at radius 2 is 2.06 bits per heavy atom. The number of hydrogen-bond acceptors (Lipinski definition) is 4. The van der Waals surface area contributed by atoms with Gasteiger partial charge >= 0.3 is 5.97 Å². The Labute approximate surface area is 95.6 Å². The molecule has 0 aliphatic carbocycles. The number of hydrogen-bond donors (Lipinski definition) is 0. The summed E-state index contributed by atoms with van der Waals surface area (Å²) in [6.45, 7) is 8.74. The molecule has 0 spiro atoms. The van der Waals surface area contributed by atoms with Crippen LogP contribution < -0.4 is 0 Å². The smallest absolute Gasteiger partial charge is 0.317 e. The van der Waals surface area contributed by atoms with E-state index < -0.39 is 17.5 Å². The summed E-state index contributed by atoms with van der Waals surface area (Å²) in [6, 6.07) is 0. The lowest BCUT2D eigenvalue weighted by Gasteiger charge is -2.19. The molecule has 1 atom stereocenters. The second-order valence-electron chi connectivity index (χ2n) is 4.64. The number of Topliss-reactive ketones (excluding diaryl/α,β-unsaturated/α-hetero) is 1. The number of rotatable bonds is 3. The van der Waals surface area contributed by atoms with Crippen molar-refractivity contribution in [1.29, 1.82) is 0 Å². The summed E-state index contributed by atoms with van der Waals surface area (Å²) in [5.74, 6) is -0.218. The van der Waals surface area contributed by atoms with Crippen molar-refractivity contribution in [2.24, 2.45) is 5.41 Å². The highest BCUT2D eigenvalue weighted by Gasteiger charge is 2.36. The second kappa shape index (κ2) is 4.28. The molecule has 0 radical (unpaired) electrons. The van der Waals surface area contributed by atoms with Crippen LogP contribution >= 0.6 is 0 Å². The van der Waals surface area contributed by atoms with E-state index in [-0.39, 0.29) is 11.5 Å². The molecule has 0 amide bonds. The Morgan fingerprint density at radius 3 is 2.44 bits per heavy atom. The maximum absolute atomic E-state index is 11.8. The topological polar surface area (TPSA) is 52.6 Å². The fourth-order valence-corrected chi connectivity index (χ4v) is 1.23. The highest BCUT2D eigenvalue weighted by molar-refractivity contribution is 6.01. The van der Waals surface area contributed by atoms with Crippen molar-refractivity contribution >= 4 is 11.8 Å². The monoisotopic (exact) mass is 226 g/mol. The van der Waals surface area contributed by atoms with Crippen LogP contribution in [0, 0.1) is 5.41 Å². The predicted molar refractivity (Wildman–Crippen MR) is 58.4 cm³/mol. The summed E-state index contributed by atoms with van der Waals surface area (Å²) in [4.78, 5) is 23.4. The van der Waals surface area contributed by atoms with Crippen LogP contribution in [-0.4, -0.2) is 17.9 Å². The van der Waals surface area contributed by atoms with Crippen molar-refractivity contribution in [3.8, 4) is 0 Å². The van der Waals surface area contributed by atoms with Crippen LogP contribution in [0.5, 0.6) is 0 Å². The van der Waals surface area contributed by atoms with Crippen molar-refractivity contribution in [3.05, 3.63) is 11.5 Å². The lowest BCUT2D eigenvalue weighted by Crippen LogP contribution is -2.27. The van der Waals surface area contributed by atoms with Crippen molar-refractivity contribution in [2.45, 2.75) is 47.1 Å². The zero-order valence-corrected chi connectivity index (χ0v) is 10.4. The molecule has 1 unspecified atom stereocenters. The van der Waals surface area contributed by atoms with E-state index in [1.54, 1.807) is 27.7 Å². The maximum Gasteiger partial charge on any atom is 0.317 e. The zero-order chi connectivity index (χ0) is 12.5. The first-order valence-electron chi connectivity index (χ1n) is 5.43. The van der Waals surface area contributed by atoms with Gasteiger partial charge in [0.2, 0.25) is 11.5 Å². The van der Waals surface area contributed by atoms with E-state index in [2.05, 4.69) is 0 Å². The highest BCUT2D eigenvalue weighted by Crippen LogP contribution is 2.27. The predicted octanol–water partition coefficient (Wildman–Crippen LogP) is 2.19. The summed E-state index contributed by atoms with van der Waals surface area (Å²) >= 11 is 0. The number of carbonyl (C=O) groups is 2. The number of carbonyl (C=O) groups excluding carboxylic acids is 2. The summed E-state index contributed by atoms with van der Waals surface area (Å²) in [6.07, 6.45) is 0.107. The van der Waals surface area contributed by atoms with Crippen LogP contribution in [-0.2, 0) is 19.1 Å². The molecule has 4 nitrogen and oxygen atoms in total. The third kappa shape index (κ3) is 2.26. The van der Waals surface area contributed by atoms with Crippen molar-refractivity contribution < 1.29 is 19.1 Å². The summed E-state index contributed by atoms with van der Waals surface area (Å²) in [5.41, 5.74) is -0.584. The van der Waals surface area contributed by atoms with Gasteiger partial charge in [0.1, 0.15) is 5.76 Å². The quantitative estimate of drug-likeness (QED) is 0.692. The van der Waals surface area contributed by atoms with Gasteiger partial charge < -0.3 is 9.47 Å². The van der Waals surface area contributed by atoms with Crippen LogP contribution in [0.1, 0.15) is 41.0 Å². The van der Waals surface area contributed by atoms with E-state index in [0.717, 1.165) is 0 Å². The van der Waals surface area contributed by atoms with Gasteiger partial charge in [-0.25, -0.2) is 0 Å². The molecule has 0 saturated carbocycles. The third-order valence-electron chi connectivity index (χ3n) is 2.90. The van der Waals surface area contributed by atoms with E-state index in [0.29, 0.717) is 12.2 Å². The van der Waals surface area contributed by atoms with Crippen LogP contribution in [0.15, 0.2) is 11.5 Å². The molecule has 0 N–H and O–H groups in total. The van der Waals surface area contributed by atoms with Gasteiger partial charge in [0.25, 0.3) is 0 Å². The molecule has 16 heavy (non-hydrogen) atoms. The minimum absolute atomic E-state index is 0.0547. The first-order valence-corrected chi connectivity index (χ1v) is 5.43. The van der Waals surface area contributed by atoms with Crippen LogP contribution in [0.25, 0.3) is 0 Å². The Morgan fingerprint density at radius 1 is 1.50 bits per heavy atom. The number of ether oxygens (including phenoxy) is 2. The molecular formula is C12H18O4. The van der Waals surface area contributed by atoms with E-state index in [1.165, 1.54) is 0 Å². The fraction of sp³-hybridized carbons (Fsp3) is 0.667. The van der Waals surface area contributed by atoms with Gasteiger partial charge in [-0.3, -0.25) is 9.59 Å². The molecule has 0 aromatic rings. The molecule has 0 saturated heterocycles. The van der Waals surface area contributed by atoms with Crippen molar-refractivity contribution in [3.63, 3.8) is 0 Å². The molecule has 1 heterocycles. The molecule has 1 aliphatic heterocycles. The lowest BCUT2D eigenvalue weighted by molar-refractivity contribution is -0.151. The lowest BCUT2D eigenvalue weighted by atomic mass is 9.91. The molecule has 0 bridgehead atoms. The van der Waals surface area contributed by atoms with Gasteiger partial charge in [-0.1, -0.05) is 6.92 Å². The minimum atomic E-state index is -0.584. The molecule has 0 fully saturated rings. The molecule has 0 aromatic carbocycles. The van der Waals surface area contributed by atoms with E-state index in [4.69, 9.17) is 9.47 Å². The van der Waals surface area contributed by atoms with E-state index >= 15 is 0 Å². The van der Waals surface area contributed by atoms with Gasteiger partial charge in [-0.15, -0.1) is 0 Å². The van der Waals surface area contributed by atoms with Gasteiger partial charge in [0.05, 0.1) is 5.41 Å². The first-order chi connectivity index (χ1) is 7.29. The van der Waals surface area contributed by atoms with Gasteiger partial charge in [0.15, 0.2) is 6.10 Å². The SMILES string of the molecule is CCC(C)(C)C(=O)OC1=C(C)OC(C)C1=O. The Balaban J connectivity index is 2.80. The second-order valence-corrected chi connectivity index (χ2v) is 4.64. The first kappa shape index (κ1) is 12.7. The standard InChI is InChI=1S/C12H18O4/c1-6-12(4,5)11(14)16-10-8(3)15-7(2)9(10)13/h7H,6H2,1-5H3. The van der Waals surface area contributed by atoms with Crippen LogP contribution in [0.4, 0.5) is 0 Å². The van der Waals surface area contributed by atoms with Crippen LogP contribution in [0.2, 0.25) is 0 Å². The Hall–Kier alpha value is -1.32. The Bertz CT molecular complexity index is 352. The molecule has 0 aromatic heterocycles. The minimum Gasteiger partial charge on any atom is -0.483 e. The van der Waals surface area contributed by atoms with Gasteiger partial charge in [-0.05, 0) is 34.1 Å². The number of ketones is 1. The molecule has 1 aliphatic rings. The largest absolute Gasteiger partial charge is 0.483 e. The maximum atomic E-state index is 11.8. The Kier molecular flexibility index (Phi) is 3.41. The van der Waals surface area contributed by atoms with Crippen molar-refractivity contribution in [2.75, 3.05) is 0 Å². The molecule has 4 heteroatoms. The fourth-order valence-electron chi connectivity index (χ4n) is 1.23. The van der Waals surface area contributed by atoms with Crippen molar-refractivity contribution in [1.82, 2.24) is 0 Å². The average Bonchev–Trinajstić information content (AvgIpc) is 2.45. The molecule has 90 valence electrons. The molecular weight excluding hydrogens is 208 g/mol. The van der Waals surface area contributed by atoms with Gasteiger partial charge in [-0.2, -0.15) is 0 Å². The highest BCUT2D eigenvalue weighted by atomic mass is 16.6. The third-order valence-corrected chi connectivity index (χ3v) is 2.90. The number of esters is 1. The average molecular weight is 226 g/mol. The summed E-state index contributed by atoms with van der Waals surface area (Å²) < 4.78 is 10.3. The normalized spacial score (nSPS) is 21.1. The van der Waals surface area contributed by atoms with E-state index in [1.807, 2.05) is 6.92 Å². The molecule has 1 rings (SSSR count). The van der Waals surface area contributed by atoms with E-state index in [9.17, 15) is 9.59 Å². The van der Waals surface area contributed by atoms with Gasteiger partial charge in [0, 0.05) is 0 Å². The van der Waals surface area contributed by atoms with Crippen LogP contribution in [0.3, 0.4) is 0 Å². The number of allylic oxidation sites excluding steroid dienone is 1. The summed E-state index contributed by atoms with van der Waals surface area (Å²) in [7, 11) is 0. The summed E-state index contributed by atoms with van der Waals surface area (Å²) in [5, 5.41) is 0. The zero-order valence-electron chi connectivity index (χ0n) is 10.4.